The van der Waals surface area contributed by atoms with Crippen LogP contribution in [0.5, 0.6) is 0 Å². The van der Waals surface area contributed by atoms with Crippen LogP contribution in [0.25, 0.3) is 0 Å². The van der Waals surface area contributed by atoms with Gasteiger partial charge in [0.05, 0.1) is 26.9 Å². The number of ether oxygens (including phenoxy) is 1. The van der Waals surface area contributed by atoms with Crippen LogP contribution in [0.2, 0.25) is 10.0 Å². The van der Waals surface area contributed by atoms with Crippen molar-refractivity contribution in [2.75, 3.05) is 11.9 Å². The second kappa shape index (κ2) is 9.67. The van der Waals surface area contributed by atoms with E-state index in [2.05, 4.69) is 10.3 Å². The van der Waals surface area contributed by atoms with Gasteiger partial charge in [-0.25, -0.2) is 9.78 Å². The van der Waals surface area contributed by atoms with Crippen LogP contribution in [0.4, 0.5) is 5.82 Å². The van der Waals surface area contributed by atoms with E-state index in [-0.39, 0.29) is 34.3 Å². The molecule has 0 saturated heterocycles. The number of carbonyl (C=O) groups excluding carboxylic acids is 4. The molecular formula is C22H21Cl2N3O5. The molecule has 3 amide bonds. The molecule has 0 saturated carbocycles. The lowest BCUT2D eigenvalue weighted by molar-refractivity contribution is -0.151. The van der Waals surface area contributed by atoms with E-state index < -0.39 is 36.3 Å². The number of hydrogen-bond donors (Lipinski definition) is 1. The van der Waals surface area contributed by atoms with Crippen LogP contribution in [-0.4, -0.2) is 46.2 Å². The zero-order valence-electron chi connectivity index (χ0n) is 17.6. The van der Waals surface area contributed by atoms with Crippen molar-refractivity contribution in [3.8, 4) is 0 Å². The smallest absolute Gasteiger partial charge is 0.329 e. The Morgan fingerprint density at radius 2 is 1.69 bits per heavy atom. The van der Waals surface area contributed by atoms with Crippen molar-refractivity contribution in [3.05, 3.63) is 57.2 Å². The van der Waals surface area contributed by atoms with Crippen molar-refractivity contribution in [3.63, 3.8) is 0 Å². The second-order valence-electron chi connectivity index (χ2n) is 7.71. The first-order valence-corrected chi connectivity index (χ1v) is 10.6. The number of esters is 1. The number of amides is 3. The quantitative estimate of drug-likeness (QED) is 0.478. The normalized spacial score (nSPS) is 13.9. The number of nitrogens with one attached hydrogen (secondary N) is 1. The number of benzene rings is 1. The molecule has 0 radical (unpaired) electrons. The van der Waals surface area contributed by atoms with Gasteiger partial charge in [0, 0.05) is 0 Å². The number of anilines is 1. The number of halogens is 2. The number of fused-ring (bicyclic) bond motifs is 1. The summed E-state index contributed by atoms with van der Waals surface area (Å²) in [4.78, 5) is 55.7. The lowest BCUT2D eigenvalue weighted by Crippen LogP contribution is -2.46. The van der Waals surface area contributed by atoms with E-state index in [0.717, 1.165) is 4.90 Å². The van der Waals surface area contributed by atoms with Crippen LogP contribution in [0, 0.1) is 12.8 Å². The van der Waals surface area contributed by atoms with E-state index in [0.29, 0.717) is 10.7 Å². The molecule has 0 spiro atoms. The largest absolute Gasteiger partial charge is 0.454 e. The first-order valence-electron chi connectivity index (χ1n) is 9.86. The Hall–Kier alpha value is -2.97. The molecule has 1 N–H and O–H groups in total. The van der Waals surface area contributed by atoms with Crippen molar-refractivity contribution in [1.82, 2.24) is 9.88 Å². The Bertz CT molecular complexity index is 1070. The molecule has 1 unspecified atom stereocenters. The molecule has 0 fully saturated rings. The SMILES string of the molecule is Cc1nc(NC(=O)COC(=O)C(CC(C)C)N2C(=O)c3ccccc3C2=O)c(Cl)cc1Cl. The molecule has 0 aliphatic carbocycles. The highest BCUT2D eigenvalue weighted by Gasteiger charge is 2.43. The number of carbonyl (C=O) groups is 4. The van der Waals surface area contributed by atoms with E-state index in [1.807, 2.05) is 13.8 Å². The van der Waals surface area contributed by atoms with Gasteiger partial charge in [-0.1, -0.05) is 49.2 Å². The van der Waals surface area contributed by atoms with E-state index in [1.54, 1.807) is 19.1 Å². The Balaban J connectivity index is 1.71. The minimum Gasteiger partial charge on any atom is -0.454 e. The van der Waals surface area contributed by atoms with Gasteiger partial charge in [0.15, 0.2) is 12.4 Å². The van der Waals surface area contributed by atoms with E-state index in [4.69, 9.17) is 27.9 Å². The topological polar surface area (TPSA) is 106 Å². The molecule has 1 aliphatic rings. The number of aryl methyl sites for hydroxylation is 1. The second-order valence-corrected chi connectivity index (χ2v) is 8.53. The minimum absolute atomic E-state index is 0.0225. The molecule has 32 heavy (non-hydrogen) atoms. The Morgan fingerprint density at radius 3 is 2.25 bits per heavy atom. The molecule has 168 valence electrons. The van der Waals surface area contributed by atoms with E-state index >= 15 is 0 Å². The number of rotatable bonds is 7. The van der Waals surface area contributed by atoms with Gasteiger partial charge in [0.2, 0.25) is 0 Å². The molecular weight excluding hydrogens is 457 g/mol. The maximum absolute atomic E-state index is 12.8. The third-order valence-electron chi connectivity index (χ3n) is 4.81. The average Bonchev–Trinajstić information content (AvgIpc) is 2.99. The number of hydrogen-bond acceptors (Lipinski definition) is 6. The fourth-order valence-electron chi connectivity index (χ4n) is 3.29. The maximum Gasteiger partial charge on any atom is 0.329 e. The first kappa shape index (κ1) is 23.7. The van der Waals surface area contributed by atoms with Gasteiger partial charge >= 0.3 is 5.97 Å². The third kappa shape index (κ3) is 4.92. The Kier molecular flexibility index (Phi) is 7.16. The van der Waals surface area contributed by atoms with E-state index in [1.165, 1.54) is 18.2 Å². The van der Waals surface area contributed by atoms with Crippen molar-refractivity contribution >= 4 is 52.7 Å². The highest BCUT2D eigenvalue weighted by molar-refractivity contribution is 6.36. The summed E-state index contributed by atoms with van der Waals surface area (Å²) in [6, 6.07) is 6.64. The lowest BCUT2D eigenvalue weighted by Gasteiger charge is -2.25. The van der Waals surface area contributed by atoms with Crippen LogP contribution in [0.1, 0.15) is 46.7 Å². The van der Waals surface area contributed by atoms with Crippen LogP contribution in [0.3, 0.4) is 0 Å². The minimum atomic E-state index is -1.16. The lowest BCUT2D eigenvalue weighted by atomic mass is 10.0. The summed E-state index contributed by atoms with van der Waals surface area (Å²) in [5, 5.41) is 2.92. The molecule has 1 aliphatic heterocycles. The van der Waals surface area contributed by atoms with Gasteiger partial charge in [-0.3, -0.25) is 19.3 Å². The highest BCUT2D eigenvalue weighted by atomic mass is 35.5. The number of aromatic nitrogens is 1. The highest BCUT2D eigenvalue weighted by Crippen LogP contribution is 2.28. The summed E-state index contributed by atoms with van der Waals surface area (Å²) in [5.41, 5.74) is 0.928. The predicted octanol–water partition coefficient (Wildman–Crippen LogP) is 3.89. The van der Waals surface area contributed by atoms with Crippen molar-refractivity contribution in [2.24, 2.45) is 5.92 Å². The molecule has 1 atom stereocenters. The summed E-state index contributed by atoms with van der Waals surface area (Å²) >= 11 is 12.0. The van der Waals surface area contributed by atoms with Crippen LogP contribution < -0.4 is 5.32 Å². The molecule has 10 heteroatoms. The van der Waals surface area contributed by atoms with Gasteiger partial charge in [-0.2, -0.15) is 0 Å². The fourth-order valence-corrected chi connectivity index (χ4v) is 3.70. The zero-order chi connectivity index (χ0) is 23.6. The number of nitrogens with zero attached hydrogens (tertiary/aromatic N) is 2. The Labute approximate surface area is 194 Å². The summed E-state index contributed by atoms with van der Waals surface area (Å²) in [6.45, 7) is 4.70. The molecule has 2 heterocycles. The van der Waals surface area contributed by atoms with Crippen molar-refractivity contribution < 1.29 is 23.9 Å². The fraction of sp³-hybridized carbons (Fsp3) is 0.318. The first-order chi connectivity index (χ1) is 15.1. The molecule has 1 aromatic carbocycles. The van der Waals surface area contributed by atoms with Gasteiger partial charge in [-0.15, -0.1) is 0 Å². The molecule has 8 nitrogen and oxygen atoms in total. The van der Waals surface area contributed by atoms with Gasteiger partial charge < -0.3 is 10.1 Å². The van der Waals surface area contributed by atoms with Crippen molar-refractivity contribution in [1.29, 1.82) is 0 Å². The number of imide groups is 1. The monoisotopic (exact) mass is 477 g/mol. The van der Waals surface area contributed by atoms with Crippen LogP contribution in [-0.2, 0) is 14.3 Å². The van der Waals surface area contributed by atoms with Gasteiger partial charge in [0.25, 0.3) is 17.7 Å². The molecule has 2 aromatic rings. The maximum atomic E-state index is 12.8. The average molecular weight is 478 g/mol. The van der Waals surface area contributed by atoms with Crippen LogP contribution in [0.15, 0.2) is 30.3 Å². The summed E-state index contributed by atoms with van der Waals surface area (Å²) in [6.07, 6.45) is 0.190. The molecule has 1 aromatic heterocycles. The van der Waals surface area contributed by atoms with Gasteiger partial charge in [-0.05, 0) is 37.5 Å². The van der Waals surface area contributed by atoms with Gasteiger partial charge in [0.1, 0.15) is 6.04 Å². The molecule has 3 rings (SSSR count). The van der Waals surface area contributed by atoms with Crippen molar-refractivity contribution in [2.45, 2.75) is 33.2 Å². The molecule has 0 bridgehead atoms. The van der Waals surface area contributed by atoms with E-state index in [9.17, 15) is 19.2 Å². The summed E-state index contributed by atoms with van der Waals surface area (Å²) < 4.78 is 5.15. The number of pyridine rings is 1. The summed E-state index contributed by atoms with van der Waals surface area (Å²) in [5.74, 6) is -2.61. The predicted molar refractivity (Wildman–Crippen MR) is 119 cm³/mol. The zero-order valence-corrected chi connectivity index (χ0v) is 19.2. The summed E-state index contributed by atoms with van der Waals surface area (Å²) in [7, 11) is 0. The van der Waals surface area contributed by atoms with Crippen LogP contribution >= 0.6 is 23.2 Å². The third-order valence-corrected chi connectivity index (χ3v) is 5.48. The Morgan fingerprint density at radius 1 is 1.09 bits per heavy atom. The standard InChI is InChI=1S/C22H21Cl2N3O5/c1-11(2)8-17(27-20(29)13-6-4-5-7-14(13)21(27)30)22(31)32-10-18(28)26-19-16(24)9-15(23)12(3)25-19/h4-7,9,11,17H,8,10H2,1-3H3,(H,25,26,28).